The number of aryl methyl sites for hydroxylation is 2. The van der Waals surface area contributed by atoms with E-state index >= 15 is 0 Å². The molecule has 0 aromatic carbocycles. The SMILES string of the molecule is Cc1nsc(-c2cc[n+](CCS(=O)(=O)[O-])nc2)n1. The summed E-state index contributed by atoms with van der Waals surface area (Å²) < 4.78 is 36.9. The monoisotopic (exact) mass is 286 g/mol. The van der Waals surface area contributed by atoms with Crippen LogP contribution in [0, 0.1) is 6.92 Å². The largest absolute Gasteiger partial charge is 0.748 e. The topological polar surface area (TPSA) is 99.8 Å². The average Bonchev–Trinajstić information content (AvgIpc) is 2.73. The maximum Gasteiger partial charge on any atom is 0.197 e. The van der Waals surface area contributed by atoms with E-state index < -0.39 is 15.9 Å². The molecular formula is C9H10N4O3S2. The van der Waals surface area contributed by atoms with Crippen LogP contribution in [-0.4, -0.2) is 33.2 Å². The summed E-state index contributed by atoms with van der Waals surface area (Å²) in [5, 5.41) is 4.77. The van der Waals surface area contributed by atoms with E-state index in [4.69, 9.17) is 0 Å². The van der Waals surface area contributed by atoms with Crippen molar-refractivity contribution in [1.29, 1.82) is 0 Å². The fourth-order valence-electron chi connectivity index (χ4n) is 1.26. The molecule has 0 aliphatic heterocycles. The van der Waals surface area contributed by atoms with Crippen molar-refractivity contribution in [1.82, 2.24) is 14.5 Å². The second-order valence-electron chi connectivity index (χ2n) is 3.59. The summed E-state index contributed by atoms with van der Waals surface area (Å²) in [5.74, 6) is 0.228. The third-order valence-electron chi connectivity index (χ3n) is 2.12. The van der Waals surface area contributed by atoms with E-state index in [1.807, 2.05) is 0 Å². The number of nitrogens with zero attached hydrogens (tertiary/aromatic N) is 4. The van der Waals surface area contributed by atoms with Crippen LogP contribution in [0.2, 0.25) is 0 Å². The minimum Gasteiger partial charge on any atom is -0.748 e. The molecule has 0 saturated carbocycles. The predicted molar refractivity (Wildman–Crippen MR) is 62.6 cm³/mol. The van der Waals surface area contributed by atoms with Crippen molar-refractivity contribution >= 4 is 21.7 Å². The highest BCUT2D eigenvalue weighted by Crippen LogP contribution is 2.18. The van der Waals surface area contributed by atoms with Crippen LogP contribution in [-0.2, 0) is 16.7 Å². The van der Waals surface area contributed by atoms with Crippen LogP contribution in [0.15, 0.2) is 18.5 Å². The second kappa shape index (κ2) is 5.04. The Balaban J connectivity index is 2.10. The Bertz CT molecular complexity index is 636. The summed E-state index contributed by atoms with van der Waals surface area (Å²) in [6.45, 7) is 1.84. The molecule has 0 amide bonds. The minimum absolute atomic E-state index is 0.0429. The van der Waals surface area contributed by atoms with Gasteiger partial charge in [0, 0.05) is 11.6 Å². The third-order valence-corrected chi connectivity index (χ3v) is 3.65. The van der Waals surface area contributed by atoms with Crippen LogP contribution >= 0.6 is 11.5 Å². The molecule has 0 N–H and O–H groups in total. The molecule has 0 saturated heterocycles. The first-order chi connectivity index (χ1) is 8.44. The molecule has 2 aromatic rings. The lowest BCUT2D eigenvalue weighted by molar-refractivity contribution is -0.750. The number of aromatic nitrogens is 4. The zero-order valence-electron chi connectivity index (χ0n) is 9.48. The standard InChI is InChI=1S/C9H10N4O3S2/c1-7-11-9(17-12-7)8-2-3-13(10-6-8)4-5-18(14,15)16/h2-3,6H,4-5H2,1H3. The zero-order valence-corrected chi connectivity index (χ0v) is 11.1. The van der Waals surface area contributed by atoms with Crippen molar-refractivity contribution in [2.45, 2.75) is 13.5 Å². The van der Waals surface area contributed by atoms with Crippen LogP contribution in [0.4, 0.5) is 0 Å². The van der Waals surface area contributed by atoms with Gasteiger partial charge in [-0.1, -0.05) is 4.68 Å². The van der Waals surface area contributed by atoms with Gasteiger partial charge in [-0.3, -0.25) is 0 Å². The molecule has 7 nitrogen and oxygen atoms in total. The smallest absolute Gasteiger partial charge is 0.197 e. The summed E-state index contributed by atoms with van der Waals surface area (Å²) in [5.41, 5.74) is 0.807. The maximum atomic E-state index is 10.5. The van der Waals surface area contributed by atoms with Gasteiger partial charge >= 0.3 is 0 Å². The van der Waals surface area contributed by atoms with E-state index in [0.29, 0.717) is 5.82 Å². The van der Waals surface area contributed by atoms with E-state index in [2.05, 4.69) is 14.5 Å². The van der Waals surface area contributed by atoms with Crippen molar-refractivity contribution in [3.05, 3.63) is 24.3 Å². The van der Waals surface area contributed by atoms with Crippen molar-refractivity contribution < 1.29 is 17.7 Å². The summed E-state index contributed by atoms with van der Waals surface area (Å²) in [4.78, 5) is 4.21. The molecule has 0 unspecified atom stereocenters. The zero-order chi connectivity index (χ0) is 13.2. The van der Waals surface area contributed by atoms with E-state index in [-0.39, 0.29) is 6.54 Å². The Hall–Kier alpha value is -1.45. The van der Waals surface area contributed by atoms with E-state index in [1.165, 1.54) is 16.2 Å². The van der Waals surface area contributed by atoms with Gasteiger partial charge in [-0.05, 0) is 23.6 Å². The number of hydrogen-bond donors (Lipinski definition) is 0. The Labute approximate surface area is 108 Å². The summed E-state index contributed by atoms with van der Waals surface area (Å²) >= 11 is 1.27. The molecule has 2 rings (SSSR count). The molecule has 18 heavy (non-hydrogen) atoms. The fraction of sp³-hybridized carbons (Fsp3) is 0.333. The highest BCUT2D eigenvalue weighted by Gasteiger charge is 2.09. The minimum atomic E-state index is -4.21. The maximum absolute atomic E-state index is 10.5. The van der Waals surface area contributed by atoms with Gasteiger partial charge in [-0.15, -0.1) is 0 Å². The van der Waals surface area contributed by atoms with Crippen molar-refractivity contribution in [2.24, 2.45) is 0 Å². The lowest BCUT2D eigenvalue weighted by Gasteiger charge is -2.02. The normalized spacial score (nSPS) is 11.7. The molecule has 2 heterocycles. The van der Waals surface area contributed by atoms with Crippen molar-refractivity contribution in [3.63, 3.8) is 0 Å². The molecule has 0 aliphatic rings. The van der Waals surface area contributed by atoms with E-state index in [9.17, 15) is 13.0 Å². The molecule has 0 bridgehead atoms. The van der Waals surface area contributed by atoms with E-state index in [0.717, 1.165) is 10.6 Å². The van der Waals surface area contributed by atoms with Crippen LogP contribution in [0.5, 0.6) is 0 Å². The first kappa shape index (κ1) is 13.0. The van der Waals surface area contributed by atoms with Crippen LogP contribution in [0.1, 0.15) is 5.82 Å². The van der Waals surface area contributed by atoms with Gasteiger partial charge in [-0.25, -0.2) is 13.4 Å². The first-order valence-corrected chi connectivity index (χ1v) is 7.39. The first-order valence-electron chi connectivity index (χ1n) is 5.04. The molecule has 96 valence electrons. The second-order valence-corrected chi connectivity index (χ2v) is 5.86. The number of rotatable bonds is 4. The molecule has 9 heteroatoms. The molecule has 0 fully saturated rings. The lowest BCUT2D eigenvalue weighted by Crippen LogP contribution is -2.40. The van der Waals surface area contributed by atoms with Gasteiger partial charge in [-0.2, -0.15) is 4.37 Å². The van der Waals surface area contributed by atoms with Gasteiger partial charge in [0.1, 0.15) is 27.1 Å². The summed E-state index contributed by atoms with van der Waals surface area (Å²) in [6, 6.07) is 1.75. The van der Waals surface area contributed by atoms with Gasteiger partial charge in [0.25, 0.3) is 0 Å². The highest BCUT2D eigenvalue weighted by atomic mass is 32.2. The average molecular weight is 286 g/mol. The lowest BCUT2D eigenvalue weighted by atomic mass is 10.3. The predicted octanol–water partition coefficient (Wildman–Crippen LogP) is -0.259. The van der Waals surface area contributed by atoms with Crippen LogP contribution in [0.25, 0.3) is 10.6 Å². The number of hydrogen-bond acceptors (Lipinski definition) is 7. The van der Waals surface area contributed by atoms with Crippen LogP contribution in [0.3, 0.4) is 0 Å². The summed E-state index contributed by atoms with van der Waals surface area (Å²) in [6.07, 6.45) is 3.18. The van der Waals surface area contributed by atoms with Gasteiger partial charge in [0.2, 0.25) is 0 Å². The Morgan fingerprint density at radius 3 is 2.78 bits per heavy atom. The third kappa shape index (κ3) is 3.52. The molecule has 0 atom stereocenters. The quantitative estimate of drug-likeness (QED) is 0.567. The Kier molecular flexibility index (Phi) is 3.64. The molecule has 0 radical (unpaired) electrons. The molecule has 0 aliphatic carbocycles. The van der Waals surface area contributed by atoms with Crippen LogP contribution < -0.4 is 4.68 Å². The van der Waals surface area contributed by atoms with Gasteiger partial charge in [0.05, 0.1) is 5.75 Å². The Morgan fingerprint density at radius 1 is 1.50 bits per heavy atom. The fourth-order valence-corrected chi connectivity index (χ4v) is 2.33. The molecular weight excluding hydrogens is 276 g/mol. The van der Waals surface area contributed by atoms with Crippen molar-refractivity contribution in [2.75, 3.05) is 5.75 Å². The molecule has 0 spiro atoms. The summed E-state index contributed by atoms with van der Waals surface area (Å²) in [7, 11) is -4.21. The Morgan fingerprint density at radius 2 is 2.28 bits per heavy atom. The van der Waals surface area contributed by atoms with Gasteiger partial charge in [0.15, 0.2) is 12.7 Å². The van der Waals surface area contributed by atoms with Gasteiger partial charge < -0.3 is 4.55 Å². The van der Waals surface area contributed by atoms with Crippen molar-refractivity contribution in [3.8, 4) is 10.6 Å². The molecule has 2 aromatic heterocycles. The highest BCUT2D eigenvalue weighted by molar-refractivity contribution is 7.85. The van der Waals surface area contributed by atoms with E-state index in [1.54, 1.807) is 25.4 Å².